The van der Waals surface area contributed by atoms with E-state index in [1.54, 1.807) is 6.20 Å². The van der Waals surface area contributed by atoms with Crippen molar-refractivity contribution in [3.05, 3.63) is 18.0 Å². The van der Waals surface area contributed by atoms with Gasteiger partial charge in [-0.1, -0.05) is 0 Å². The molecular formula is C15H26N4O. The Morgan fingerprint density at radius 1 is 1.40 bits per heavy atom. The maximum absolute atomic E-state index is 11.8. The molecule has 1 aliphatic rings. The zero-order valence-electron chi connectivity index (χ0n) is 12.6. The van der Waals surface area contributed by atoms with Gasteiger partial charge in [0.25, 0.3) is 0 Å². The first-order valence-corrected chi connectivity index (χ1v) is 7.57. The lowest BCUT2D eigenvalue weighted by Crippen LogP contribution is -2.31. The summed E-state index contributed by atoms with van der Waals surface area (Å²) in [7, 11) is 4.10. The molecule has 1 N–H and O–H groups in total. The van der Waals surface area contributed by atoms with Crippen LogP contribution in [0, 0.1) is 5.92 Å². The fourth-order valence-corrected chi connectivity index (χ4v) is 2.75. The van der Waals surface area contributed by atoms with E-state index in [4.69, 9.17) is 0 Å². The van der Waals surface area contributed by atoms with E-state index in [9.17, 15) is 4.79 Å². The van der Waals surface area contributed by atoms with Gasteiger partial charge in [0, 0.05) is 38.3 Å². The van der Waals surface area contributed by atoms with Crippen molar-refractivity contribution in [2.24, 2.45) is 13.0 Å². The third-order valence-electron chi connectivity index (χ3n) is 4.24. The summed E-state index contributed by atoms with van der Waals surface area (Å²) in [4.78, 5) is 14.2. The molecule has 0 aromatic carbocycles. The molecule has 0 atom stereocenters. The van der Waals surface area contributed by atoms with Crippen LogP contribution in [0.5, 0.6) is 0 Å². The van der Waals surface area contributed by atoms with E-state index in [1.165, 1.54) is 25.9 Å². The van der Waals surface area contributed by atoms with Gasteiger partial charge in [-0.05, 0) is 51.4 Å². The summed E-state index contributed by atoms with van der Waals surface area (Å²) >= 11 is 0. The van der Waals surface area contributed by atoms with Crippen molar-refractivity contribution in [3.63, 3.8) is 0 Å². The van der Waals surface area contributed by atoms with Crippen LogP contribution >= 0.6 is 0 Å². The van der Waals surface area contributed by atoms with E-state index in [0.717, 1.165) is 24.5 Å². The molecule has 2 heterocycles. The molecule has 0 unspecified atom stereocenters. The molecule has 1 aromatic heterocycles. The number of hydrogen-bond acceptors (Lipinski definition) is 3. The molecule has 1 saturated heterocycles. The monoisotopic (exact) mass is 278 g/mol. The molecule has 112 valence electrons. The molecule has 1 aromatic rings. The third kappa shape index (κ3) is 4.63. The Morgan fingerprint density at radius 2 is 2.15 bits per heavy atom. The molecule has 5 heteroatoms. The molecule has 0 radical (unpaired) electrons. The Morgan fingerprint density at radius 3 is 2.80 bits per heavy atom. The summed E-state index contributed by atoms with van der Waals surface area (Å²) < 4.78 is 1.85. The predicted octanol–water partition coefficient (Wildman–Crippen LogP) is 1.20. The number of hydrogen-bond donors (Lipinski definition) is 1. The van der Waals surface area contributed by atoms with Crippen molar-refractivity contribution in [2.45, 2.75) is 32.1 Å². The zero-order chi connectivity index (χ0) is 14.4. The Hall–Kier alpha value is -1.36. The molecule has 1 fully saturated rings. The number of likely N-dealkylation sites (tertiary alicyclic amines) is 1. The van der Waals surface area contributed by atoms with E-state index in [1.807, 2.05) is 17.8 Å². The minimum absolute atomic E-state index is 0.186. The minimum atomic E-state index is 0.186. The second-order valence-corrected chi connectivity index (χ2v) is 5.83. The Bertz CT molecular complexity index is 421. The highest BCUT2D eigenvalue weighted by Gasteiger charge is 2.17. The quantitative estimate of drug-likeness (QED) is 0.850. The van der Waals surface area contributed by atoms with Gasteiger partial charge in [-0.2, -0.15) is 5.10 Å². The summed E-state index contributed by atoms with van der Waals surface area (Å²) in [5.41, 5.74) is 1.15. The highest BCUT2D eigenvalue weighted by molar-refractivity contribution is 5.75. The van der Waals surface area contributed by atoms with Crippen molar-refractivity contribution in [3.8, 4) is 0 Å². The van der Waals surface area contributed by atoms with Gasteiger partial charge in [0.05, 0.1) is 0 Å². The van der Waals surface area contributed by atoms with Gasteiger partial charge in [-0.3, -0.25) is 9.48 Å². The summed E-state index contributed by atoms with van der Waals surface area (Å²) in [6.45, 7) is 3.05. The maximum atomic E-state index is 11.8. The lowest BCUT2D eigenvalue weighted by Gasteiger charge is -2.28. The van der Waals surface area contributed by atoms with Crippen LogP contribution in [0.1, 0.15) is 31.4 Å². The van der Waals surface area contributed by atoms with Crippen LogP contribution in [0.15, 0.2) is 12.3 Å². The number of nitrogens with zero attached hydrogens (tertiary/aromatic N) is 3. The molecule has 0 saturated carbocycles. The number of nitrogens with one attached hydrogen (secondary N) is 1. The number of aryl methyl sites for hydroxylation is 1. The highest BCUT2D eigenvalue weighted by atomic mass is 16.1. The summed E-state index contributed by atoms with van der Waals surface area (Å²) in [6, 6.07) is 1.99. The first-order valence-electron chi connectivity index (χ1n) is 7.57. The fourth-order valence-electron chi connectivity index (χ4n) is 2.75. The lowest BCUT2D eigenvalue weighted by molar-refractivity contribution is -0.121. The molecule has 1 amide bonds. The van der Waals surface area contributed by atoms with Crippen molar-refractivity contribution in [1.82, 2.24) is 20.0 Å². The van der Waals surface area contributed by atoms with E-state index in [-0.39, 0.29) is 5.91 Å². The second kappa shape index (κ2) is 7.43. The summed E-state index contributed by atoms with van der Waals surface area (Å²) in [5, 5.41) is 7.12. The number of aromatic nitrogens is 2. The third-order valence-corrected chi connectivity index (χ3v) is 4.24. The Balaban J connectivity index is 1.57. The predicted molar refractivity (Wildman–Crippen MR) is 79.4 cm³/mol. The van der Waals surface area contributed by atoms with Crippen molar-refractivity contribution < 1.29 is 4.79 Å². The maximum Gasteiger partial charge on any atom is 0.220 e. The lowest BCUT2D eigenvalue weighted by atomic mass is 9.92. The molecule has 5 nitrogen and oxygen atoms in total. The van der Waals surface area contributed by atoms with E-state index >= 15 is 0 Å². The van der Waals surface area contributed by atoms with Crippen LogP contribution < -0.4 is 5.32 Å². The van der Waals surface area contributed by atoms with Gasteiger partial charge >= 0.3 is 0 Å². The standard InChI is InChI=1S/C15H26N4O/c1-18-11-7-13(8-12-18)3-4-15(20)16-9-5-14-6-10-17-19(14)2/h6,10,13H,3-5,7-9,11-12H2,1-2H3,(H,16,20). The first kappa shape index (κ1) is 15.0. The molecule has 0 spiro atoms. The number of rotatable bonds is 6. The Labute approximate surface area is 121 Å². The van der Waals surface area contributed by atoms with E-state index < -0.39 is 0 Å². The van der Waals surface area contributed by atoms with E-state index in [2.05, 4.69) is 22.4 Å². The largest absolute Gasteiger partial charge is 0.356 e. The minimum Gasteiger partial charge on any atom is -0.356 e. The van der Waals surface area contributed by atoms with Crippen LogP contribution in [-0.4, -0.2) is 47.3 Å². The van der Waals surface area contributed by atoms with Gasteiger partial charge in [0.2, 0.25) is 5.91 Å². The normalized spacial score (nSPS) is 17.3. The van der Waals surface area contributed by atoms with Crippen LogP contribution in [0.3, 0.4) is 0 Å². The highest BCUT2D eigenvalue weighted by Crippen LogP contribution is 2.20. The molecule has 2 rings (SSSR count). The molecular weight excluding hydrogens is 252 g/mol. The zero-order valence-corrected chi connectivity index (χ0v) is 12.6. The smallest absolute Gasteiger partial charge is 0.220 e. The fraction of sp³-hybridized carbons (Fsp3) is 0.733. The summed E-state index contributed by atoms with van der Waals surface area (Å²) in [5.74, 6) is 0.917. The van der Waals surface area contributed by atoms with Crippen LogP contribution in [0.4, 0.5) is 0 Å². The Kier molecular flexibility index (Phi) is 5.59. The van der Waals surface area contributed by atoms with E-state index in [0.29, 0.717) is 13.0 Å². The van der Waals surface area contributed by atoms with Crippen LogP contribution in [0.25, 0.3) is 0 Å². The van der Waals surface area contributed by atoms with Gasteiger partial charge in [-0.25, -0.2) is 0 Å². The SMILES string of the molecule is CN1CCC(CCC(=O)NCCc2ccnn2C)CC1. The molecule has 0 bridgehead atoms. The number of carbonyl (C=O) groups excluding carboxylic acids is 1. The van der Waals surface area contributed by atoms with Crippen LogP contribution in [-0.2, 0) is 18.3 Å². The molecule has 1 aliphatic heterocycles. The first-order chi connectivity index (χ1) is 9.65. The second-order valence-electron chi connectivity index (χ2n) is 5.83. The molecule has 0 aliphatic carbocycles. The average Bonchev–Trinajstić information content (AvgIpc) is 2.84. The molecule has 20 heavy (non-hydrogen) atoms. The van der Waals surface area contributed by atoms with Gasteiger partial charge in [-0.15, -0.1) is 0 Å². The summed E-state index contributed by atoms with van der Waals surface area (Å²) in [6.07, 6.45) is 6.80. The van der Waals surface area contributed by atoms with Gasteiger partial charge in [0.1, 0.15) is 0 Å². The van der Waals surface area contributed by atoms with Crippen molar-refractivity contribution in [2.75, 3.05) is 26.7 Å². The van der Waals surface area contributed by atoms with Crippen molar-refractivity contribution >= 4 is 5.91 Å². The van der Waals surface area contributed by atoms with Crippen LogP contribution in [0.2, 0.25) is 0 Å². The average molecular weight is 278 g/mol. The number of piperidine rings is 1. The number of carbonyl (C=O) groups is 1. The topological polar surface area (TPSA) is 50.2 Å². The van der Waals surface area contributed by atoms with Gasteiger partial charge in [0.15, 0.2) is 0 Å². The number of amides is 1. The van der Waals surface area contributed by atoms with Gasteiger partial charge < -0.3 is 10.2 Å². The van der Waals surface area contributed by atoms with Crippen molar-refractivity contribution in [1.29, 1.82) is 0 Å².